The summed E-state index contributed by atoms with van der Waals surface area (Å²) in [7, 11) is 0. The molecule has 3 rings (SSSR count). The summed E-state index contributed by atoms with van der Waals surface area (Å²) in [5, 5.41) is 15.9. The third kappa shape index (κ3) is 3.42. The molecular weight excluding hydrogens is 356 g/mol. The molecule has 2 aromatic heterocycles. The molecule has 10 heteroatoms. The van der Waals surface area contributed by atoms with E-state index in [1.54, 1.807) is 6.07 Å². The zero-order valence-corrected chi connectivity index (χ0v) is 13.5. The van der Waals surface area contributed by atoms with Crippen LogP contribution < -0.4 is 10.1 Å². The number of amides is 1. The van der Waals surface area contributed by atoms with Gasteiger partial charge in [0.25, 0.3) is 11.6 Å². The van der Waals surface area contributed by atoms with Crippen LogP contribution in [0, 0.1) is 10.1 Å². The average Bonchev–Trinajstić information content (AvgIpc) is 3.03. The second-order valence-electron chi connectivity index (χ2n) is 4.58. The van der Waals surface area contributed by atoms with Crippen molar-refractivity contribution < 1.29 is 14.5 Å². The number of nitrogens with zero attached hydrogens (tertiary/aromatic N) is 3. The minimum atomic E-state index is -0.622. The van der Waals surface area contributed by atoms with Crippen molar-refractivity contribution in [1.82, 2.24) is 9.97 Å². The molecule has 2 heterocycles. The third-order valence-electron chi connectivity index (χ3n) is 2.99. The van der Waals surface area contributed by atoms with Gasteiger partial charge in [0.2, 0.25) is 5.88 Å². The molecule has 1 N–H and O–H groups in total. The molecule has 0 bridgehead atoms. The molecule has 24 heavy (non-hydrogen) atoms. The zero-order valence-electron chi connectivity index (χ0n) is 11.9. The summed E-state index contributed by atoms with van der Waals surface area (Å²) in [4.78, 5) is 31.0. The lowest BCUT2D eigenvalue weighted by molar-refractivity contribution is -0.384. The maximum atomic E-state index is 11.9. The fraction of sp³-hybridized carbons (Fsp3) is 0.0714. The minimum absolute atomic E-state index is 0.00455. The van der Waals surface area contributed by atoms with E-state index in [-0.39, 0.29) is 23.0 Å². The average molecular weight is 365 g/mol. The fourth-order valence-corrected chi connectivity index (χ4v) is 2.85. The number of rotatable bonds is 5. The van der Waals surface area contributed by atoms with Crippen molar-refractivity contribution in [2.45, 2.75) is 0 Å². The molecule has 0 fully saturated rings. The van der Waals surface area contributed by atoms with Crippen LogP contribution in [0.5, 0.6) is 5.88 Å². The number of nitro groups is 1. The van der Waals surface area contributed by atoms with Gasteiger partial charge < -0.3 is 10.1 Å². The van der Waals surface area contributed by atoms with Crippen LogP contribution in [0.3, 0.4) is 0 Å². The van der Waals surface area contributed by atoms with Crippen LogP contribution in [0.25, 0.3) is 10.2 Å². The molecule has 0 aliphatic rings. The molecule has 0 aliphatic heterocycles. The molecule has 0 radical (unpaired) electrons. The van der Waals surface area contributed by atoms with Crippen molar-refractivity contribution in [1.29, 1.82) is 0 Å². The number of thiophene rings is 1. The van der Waals surface area contributed by atoms with Crippen LogP contribution in [-0.2, 0) is 4.79 Å². The smallest absolute Gasteiger partial charge is 0.289 e. The second-order valence-corrected chi connectivity index (χ2v) is 5.88. The van der Waals surface area contributed by atoms with Gasteiger partial charge in [-0.15, -0.1) is 11.3 Å². The lowest BCUT2D eigenvalue weighted by Gasteiger charge is -2.07. The summed E-state index contributed by atoms with van der Waals surface area (Å²) in [5.74, 6) is -0.174. The Kier molecular flexibility index (Phi) is 4.54. The Morgan fingerprint density at radius 2 is 2.21 bits per heavy atom. The number of ether oxygens (including phenoxy) is 1. The van der Waals surface area contributed by atoms with E-state index >= 15 is 0 Å². The van der Waals surface area contributed by atoms with Gasteiger partial charge in [-0.3, -0.25) is 14.9 Å². The van der Waals surface area contributed by atoms with E-state index in [2.05, 4.69) is 15.3 Å². The van der Waals surface area contributed by atoms with Gasteiger partial charge >= 0.3 is 0 Å². The molecule has 0 saturated heterocycles. The summed E-state index contributed by atoms with van der Waals surface area (Å²) in [5.41, 5.74) is -0.0331. The molecule has 3 aromatic rings. The molecular formula is C14H9ClN4O4S. The first-order valence-electron chi connectivity index (χ1n) is 6.59. The molecule has 0 unspecified atom stereocenters. The van der Waals surface area contributed by atoms with Crippen LogP contribution in [-0.4, -0.2) is 27.4 Å². The summed E-state index contributed by atoms with van der Waals surface area (Å²) in [6.45, 7) is -0.293. The van der Waals surface area contributed by atoms with Gasteiger partial charge in [-0.2, -0.15) is 0 Å². The summed E-state index contributed by atoms with van der Waals surface area (Å²) in [6, 6.07) is 5.79. The fourth-order valence-electron chi connectivity index (χ4n) is 1.94. The highest BCUT2D eigenvalue weighted by atomic mass is 35.5. The first kappa shape index (κ1) is 16.1. The highest BCUT2D eigenvalue weighted by Crippen LogP contribution is 2.28. The van der Waals surface area contributed by atoms with E-state index in [1.165, 1.54) is 35.9 Å². The SMILES string of the molecule is O=C(COc1ncnc2sccc12)Nc1ccc(Cl)c([N+](=O)[O-])c1. The first-order valence-corrected chi connectivity index (χ1v) is 7.85. The number of hydrogen-bond donors (Lipinski definition) is 1. The van der Waals surface area contributed by atoms with Crippen molar-refractivity contribution in [3.05, 3.63) is 51.1 Å². The summed E-state index contributed by atoms with van der Waals surface area (Å²) in [6.07, 6.45) is 1.36. The van der Waals surface area contributed by atoms with Gasteiger partial charge in [-0.05, 0) is 23.6 Å². The monoisotopic (exact) mass is 364 g/mol. The maximum absolute atomic E-state index is 11.9. The van der Waals surface area contributed by atoms with Gasteiger partial charge in [0.1, 0.15) is 16.2 Å². The number of fused-ring (bicyclic) bond motifs is 1. The predicted molar refractivity (Wildman–Crippen MR) is 89.6 cm³/mol. The Morgan fingerprint density at radius 3 is 3.00 bits per heavy atom. The molecule has 0 atom stereocenters. The van der Waals surface area contributed by atoms with Crippen LogP contribution in [0.2, 0.25) is 5.02 Å². The summed E-state index contributed by atoms with van der Waals surface area (Å²) < 4.78 is 5.40. The Morgan fingerprint density at radius 1 is 1.38 bits per heavy atom. The minimum Gasteiger partial charge on any atom is -0.467 e. The van der Waals surface area contributed by atoms with Crippen molar-refractivity contribution in [3.63, 3.8) is 0 Å². The predicted octanol–water partition coefficient (Wildman–Crippen LogP) is 3.27. The van der Waals surface area contributed by atoms with E-state index in [0.717, 1.165) is 10.2 Å². The highest BCUT2D eigenvalue weighted by Gasteiger charge is 2.14. The van der Waals surface area contributed by atoms with E-state index in [0.29, 0.717) is 5.88 Å². The number of halogens is 1. The van der Waals surface area contributed by atoms with Crippen molar-refractivity contribution in [2.24, 2.45) is 0 Å². The van der Waals surface area contributed by atoms with Crippen LogP contribution in [0.4, 0.5) is 11.4 Å². The number of hydrogen-bond acceptors (Lipinski definition) is 7. The number of nitro benzene ring substituents is 1. The molecule has 0 spiro atoms. The van der Waals surface area contributed by atoms with E-state index in [1.807, 2.05) is 5.38 Å². The van der Waals surface area contributed by atoms with Crippen LogP contribution in [0.1, 0.15) is 0 Å². The van der Waals surface area contributed by atoms with Gasteiger partial charge in [-0.25, -0.2) is 9.97 Å². The quantitative estimate of drug-likeness (QED) is 0.550. The van der Waals surface area contributed by atoms with Gasteiger partial charge in [0, 0.05) is 11.8 Å². The third-order valence-corrected chi connectivity index (χ3v) is 4.13. The lowest BCUT2D eigenvalue weighted by atomic mass is 10.3. The van der Waals surface area contributed by atoms with Crippen LogP contribution >= 0.6 is 22.9 Å². The van der Waals surface area contributed by atoms with E-state index in [4.69, 9.17) is 16.3 Å². The Labute approximate surface area is 144 Å². The number of aromatic nitrogens is 2. The molecule has 0 aliphatic carbocycles. The van der Waals surface area contributed by atoms with E-state index in [9.17, 15) is 14.9 Å². The normalized spacial score (nSPS) is 10.5. The van der Waals surface area contributed by atoms with Gasteiger partial charge in [0.15, 0.2) is 6.61 Å². The summed E-state index contributed by atoms with van der Waals surface area (Å²) >= 11 is 7.16. The first-order chi connectivity index (χ1) is 11.5. The number of carbonyl (C=O) groups is 1. The zero-order chi connectivity index (χ0) is 17.1. The molecule has 122 valence electrons. The van der Waals surface area contributed by atoms with Crippen LogP contribution in [0.15, 0.2) is 36.0 Å². The lowest BCUT2D eigenvalue weighted by Crippen LogP contribution is -2.20. The maximum Gasteiger partial charge on any atom is 0.289 e. The van der Waals surface area contributed by atoms with Gasteiger partial charge in [0.05, 0.1) is 10.3 Å². The van der Waals surface area contributed by atoms with E-state index < -0.39 is 10.8 Å². The molecule has 0 saturated carbocycles. The number of benzene rings is 1. The molecule has 1 amide bonds. The highest BCUT2D eigenvalue weighted by molar-refractivity contribution is 7.16. The second kappa shape index (κ2) is 6.77. The standard InChI is InChI=1S/C14H9ClN4O4S/c15-10-2-1-8(5-11(10)19(21)22)18-12(20)6-23-13-9-3-4-24-14(9)17-7-16-13/h1-5,7H,6H2,(H,18,20). The number of nitrogens with one attached hydrogen (secondary N) is 1. The Hall–Kier alpha value is -2.78. The number of carbonyl (C=O) groups excluding carboxylic acids is 1. The molecule has 1 aromatic carbocycles. The molecule has 8 nitrogen and oxygen atoms in total. The van der Waals surface area contributed by atoms with Gasteiger partial charge in [-0.1, -0.05) is 11.6 Å². The topological polar surface area (TPSA) is 107 Å². The largest absolute Gasteiger partial charge is 0.467 e. The Bertz CT molecular complexity index is 930. The number of anilines is 1. The van der Waals surface area contributed by atoms with Crippen molar-refractivity contribution in [3.8, 4) is 5.88 Å². The van der Waals surface area contributed by atoms with Crippen molar-refractivity contribution in [2.75, 3.05) is 11.9 Å². The van der Waals surface area contributed by atoms with Crippen molar-refractivity contribution >= 4 is 50.4 Å². The Balaban J connectivity index is 1.67.